The monoisotopic (exact) mass is 634 g/mol. The van der Waals surface area contributed by atoms with Crippen LogP contribution in [0, 0.1) is 0 Å². The van der Waals surface area contributed by atoms with Gasteiger partial charge in [0.25, 0.3) is 0 Å². The summed E-state index contributed by atoms with van der Waals surface area (Å²) in [4.78, 5) is 5.30. The van der Waals surface area contributed by atoms with Crippen molar-refractivity contribution in [1.82, 2.24) is 10.3 Å². The Balaban J connectivity index is 1.41. The van der Waals surface area contributed by atoms with Crippen LogP contribution in [0.15, 0.2) is 144 Å². The number of rotatable bonds is 8. The topological polar surface area (TPSA) is 47.3 Å². The van der Waals surface area contributed by atoms with Crippen molar-refractivity contribution in [2.75, 3.05) is 7.05 Å². The average molecular weight is 635 g/mol. The molecule has 5 aromatic carbocycles. The summed E-state index contributed by atoms with van der Waals surface area (Å²) in [5.41, 5.74) is 4.68. The van der Waals surface area contributed by atoms with Gasteiger partial charge in [-0.1, -0.05) is 154 Å². The molecule has 5 heteroatoms. The fourth-order valence-electron chi connectivity index (χ4n) is 7.47. The van der Waals surface area contributed by atoms with Gasteiger partial charge in [-0.3, -0.25) is 0 Å². The maximum atomic E-state index is 7.64. The van der Waals surface area contributed by atoms with E-state index in [-0.39, 0.29) is 5.04 Å². The summed E-state index contributed by atoms with van der Waals surface area (Å²) < 4.78 is 14.5. The molecule has 0 bridgehead atoms. The third-order valence-corrected chi connectivity index (χ3v) is 14.7. The third-order valence-electron chi connectivity index (χ3n) is 9.75. The lowest BCUT2D eigenvalue weighted by molar-refractivity contribution is 0.290. The van der Waals surface area contributed by atoms with E-state index < -0.39 is 13.9 Å². The molecular formula is C42H42N2O2Si. The predicted octanol–water partition coefficient (Wildman–Crippen LogP) is 8.75. The van der Waals surface area contributed by atoms with Crippen LogP contribution in [-0.4, -0.2) is 20.3 Å². The molecule has 4 nitrogen and oxygen atoms in total. The van der Waals surface area contributed by atoms with Crippen molar-refractivity contribution in [2.24, 2.45) is 0 Å². The summed E-state index contributed by atoms with van der Waals surface area (Å²) in [7, 11) is -0.811. The summed E-state index contributed by atoms with van der Waals surface area (Å²) >= 11 is 0. The van der Waals surface area contributed by atoms with E-state index in [0.29, 0.717) is 5.89 Å². The van der Waals surface area contributed by atoms with Gasteiger partial charge in [-0.15, -0.1) is 0 Å². The van der Waals surface area contributed by atoms with Crippen LogP contribution in [0.5, 0.6) is 5.75 Å². The van der Waals surface area contributed by atoms with Crippen LogP contribution < -0.4 is 20.1 Å². The van der Waals surface area contributed by atoms with Gasteiger partial charge in [-0.2, -0.15) is 0 Å². The van der Waals surface area contributed by atoms with Crippen molar-refractivity contribution in [3.8, 4) is 28.3 Å². The number of benzene rings is 5. The number of aromatic nitrogens is 1. The quantitative estimate of drug-likeness (QED) is 0.170. The van der Waals surface area contributed by atoms with Crippen molar-refractivity contribution >= 4 is 18.7 Å². The van der Waals surface area contributed by atoms with Crippen LogP contribution in [-0.2, 0) is 12.0 Å². The van der Waals surface area contributed by atoms with Gasteiger partial charge < -0.3 is 14.2 Å². The smallest absolute Gasteiger partial charge is 0.319 e. The van der Waals surface area contributed by atoms with Crippen molar-refractivity contribution in [3.63, 3.8) is 0 Å². The fraction of sp³-hybridized carbons (Fsp3) is 0.214. The first kappa shape index (κ1) is 30.9. The number of nitrogens with one attached hydrogen (secondary N) is 1. The van der Waals surface area contributed by atoms with Crippen molar-refractivity contribution < 1.29 is 8.84 Å². The minimum absolute atomic E-state index is 0.148. The van der Waals surface area contributed by atoms with Crippen molar-refractivity contribution in [2.45, 2.75) is 50.6 Å². The fourth-order valence-corrected chi connectivity index (χ4v) is 11.9. The van der Waals surface area contributed by atoms with Gasteiger partial charge in [-0.05, 0) is 58.9 Å². The molecule has 1 aliphatic carbocycles. The van der Waals surface area contributed by atoms with Gasteiger partial charge in [0.05, 0.1) is 0 Å². The molecule has 1 aliphatic rings. The highest BCUT2D eigenvalue weighted by molar-refractivity contribution is 7.00. The summed E-state index contributed by atoms with van der Waals surface area (Å²) in [5, 5.41) is 6.10. The maximum absolute atomic E-state index is 7.64. The van der Waals surface area contributed by atoms with E-state index in [1.54, 1.807) is 0 Å². The van der Waals surface area contributed by atoms with Gasteiger partial charge in [0.1, 0.15) is 17.0 Å². The van der Waals surface area contributed by atoms with Crippen LogP contribution >= 0.6 is 0 Å². The first-order valence-electron chi connectivity index (χ1n) is 16.6. The summed E-state index contributed by atoms with van der Waals surface area (Å²) in [6, 6.07) is 48.9. The molecule has 1 unspecified atom stereocenters. The number of fused-ring (bicyclic) bond motifs is 1. The SMILES string of the molecule is CNC1(c2nc(-c3ccccc3)c(-c3ccccc3)o2)CCCc2c(O[Si](c3ccccc3)(c3ccccc3)C(C)(C)C)cccc21. The van der Waals surface area contributed by atoms with Gasteiger partial charge in [0.15, 0.2) is 5.76 Å². The minimum atomic E-state index is -2.84. The Kier molecular flexibility index (Phi) is 8.21. The first-order valence-corrected chi connectivity index (χ1v) is 18.5. The highest BCUT2D eigenvalue weighted by Crippen LogP contribution is 2.47. The molecule has 236 valence electrons. The first-order chi connectivity index (χ1) is 22.9. The molecule has 47 heavy (non-hydrogen) atoms. The Bertz CT molecular complexity index is 1850. The van der Waals surface area contributed by atoms with Crippen LogP contribution in [0.2, 0.25) is 5.04 Å². The molecule has 1 heterocycles. The van der Waals surface area contributed by atoms with E-state index in [1.807, 2.05) is 31.3 Å². The number of hydrogen-bond acceptors (Lipinski definition) is 4. The van der Waals surface area contributed by atoms with E-state index in [9.17, 15) is 0 Å². The normalized spacial score (nSPS) is 16.4. The summed E-state index contributed by atoms with van der Waals surface area (Å²) in [5.74, 6) is 2.42. The molecule has 0 aliphatic heterocycles. The Morgan fingerprint density at radius 2 is 1.26 bits per heavy atom. The Labute approximate surface area is 279 Å². The lowest BCUT2D eigenvalue weighted by Crippen LogP contribution is -2.69. The second-order valence-corrected chi connectivity index (χ2v) is 17.7. The average Bonchev–Trinajstić information content (AvgIpc) is 3.58. The maximum Gasteiger partial charge on any atom is 0.319 e. The molecule has 0 saturated heterocycles. The molecule has 0 spiro atoms. The molecule has 1 atom stereocenters. The minimum Gasteiger partial charge on any atom is -0.534 e. The molecule has 0 saturated carbocycles. The largest absolute Gasteiger partial charge is 0.534 e. The lowest BCUT2D eigenvalue weighted by atomic mass is 9.76. The highest BCUT2D eigenvalue weighted by Gasteiger charge is 2.53. The van der Waals surface area contributed by atoms with Gasteiger partial charge >= 0.3 is 8.32 Å². The molecule has 1 aromatic heterocycles. The molecule has 0 radical (unpaired) electrons. The van der Waals surface area contributed by atoms with Crippen LogP contribution in [0.4, 0.5) is 0 Å². The van der Waals surface area contributed by atoms with Gasteiger partial charge in [0.2, 0.25) is 5.89 Å². The Morgan fingerprint density at radius 3 is 1.81 bits per heavy atom. The summed E-state index contributed by atoms with van der Waals surface area (Å²) in [6.45, 7) is 6.99. The molecule has 0 fully saturated rings. The molecule has 0 amide bonds. The molecule has 7 rings (SSSR count). The lowest BCUT2D eigenvalue weighted by Gasteiger charge is -2.44. The second-order valence-electron chi connectivity index (χ2n) is 13.5. The number of hydrogen-bond donors (Lipinski definition) is 1. The van der Waals surface area contributed by atoms with E-state index in [2.05, 4.69) is 141 Å². The standard InChI is InChI=1S/C42H42N2O2Si/c1-41(2,3)47(33-23-13-7-14-24-33,34-25-15-8-16-26-34)46-37-29-17-28-36-35(37)27-18-30-42(36,43-4)40-44-38(31-19-9-5-10-20-31)39(45-40)32-21-11-6-12-22-32/h5-17,19-26,28-29,43H,18,27,30H2,1-4H3. The van der Waals surface area contributed by atoms with E-state index >= 15 is 0 Å². The van der Waals surface area contributed by atoms with Crippen LogP contribution in [0.3, 0.4) is 0 Å². The zero-order chi connectivity index (χ0) is 32.5. The predicted molar refractivity (Wildman–Crippen MR) is 195 cm³/mol. The van der Waals surface area contributed by atoms with Crippen molar-refractivity contribution in [3.05, 3.63) is 157 Å². The highest BCUT2D eigenvalue weighted by atomic mass is 28.4. The van der Waals surface area contributed by atoms with Crippen molar-refractivity contribution in [1.29, 1.82) is 0 Å². The van der Waals surface area contributed by atoms with Gasteiger partial charge in [0, 0.05) is 11.1 Å². The van der Waals surface area contributed by atoms with E-state index in [4.69, 9.17) is 13.8 Å². The Morgan fingerprint density at radius 1 is 0.702 bits per heavy atom. The molecule has 1 N–H and O–H groups in total. The zero-order valence-corrected chi connectivity index (χ0v) is 28.7. The Hall–Kier alpha value is -4.71. The van der Waals surface area contributed by atoms with Crippen LogP contribution in [0.1, 0.15) is 50.6 Å². The summed E-state index contributed by atoms with van der Waals surface area (Å²) in [6.07, 6.45) is 2.76. The van der Waals surface area contributed by atoms with E-state index in [1.165, 1.54) is 21.5 Å². The number of nitrogens with zero attached hydrogens (tertiary/aromatic N) is 1. The molecule has 6 aromatic rings. The zero-order valence-electron chi connectivity index (χ0n) is 27.7. The third kappa shape index (κ3) is 5.34. The van der Waals surface area contributed by atoms with Crippen LogP contribution in [0.25, 0.3) is 22.6 Å². The number of oxazole rings is 1. The van der Waals surface area contributed by atoms with Gasteiger partial charge in [-0.25, -0.2) is 4.98 Å². The second kappa shape index (κ2) is 12.5. The van der Waals surface area contributed by atoms with E-state index in [0.717, 1.165) is 47.6 Å². The molecular weight excluding hydrogens is 593 g/mol.